The number of rotatable bonds is 7. The lowest BCUT2D eigenvalue weighted by molar-refractivity contribution is -0.116. The van der Waals surface area contributed by atoms with Crippen molar-refractivity contribution in [3.05, 3.63) is 52.4 Å². The smallest absolute Gasteiger partial charge is 0.260 e. The van der Waals surface area contributed by atoms with Gasteiger partial charge in [0, 0.05) is 0 Å². The minimum Gasteiger partial charge on any atom is -0.495 e. The van der Waals surface area contributed by atoms with Crippen molar-refractivity contribution < 1.29 is 19.0 Å². The second-order valence-corrected chi connectivity index (χ2v) is 7.32. The Bertz CT molecular complexity index is 898. The predicted octanol–water partition coefficient (Wildman–Crippen LogP) is 4.01. The van der Waals surface area contributed by atoms with Gasteiger partial charge in [0.05, 0.1) is 31.4 Å². The van der Waals surface area contributed by atoms with E-state index < -0.39 is 0 Å². The van der Waals surface area contributed by atoms with Gasteiger partial charge >= 0.3 is 0 Å². The number of aryl methyl sites for hydroxylation is 1. The molecule has 1 atom stereocenters. The van der Waals surface area contributed by atoms with Gasteiger partial charge in [0.25, 0.3) is 5.91 Å². The van der Waals surface area contributed by atoms with Gasteiger partial charge in [-0.05, 0) is 55.3 Å². The van der Waals surface area contributed by atoms with Gasteiger partial charge in [-0.3, -0.25) is 4.79 Å². The Kier molecular flexibility index (Phi) is 6.36. The minimum absolute atomic E-state index is 0.123. The number of thioether (sulfide) groups is 1. The zero-order chi connectivity index (χ0) is 20.1. The van der Waals surface area contributed by atoms with Crippen molar-refractivity contribution in [2.75, 3.05) is 26.1 Å². The molecule has 2 N–H and O–H groups in total. The first-order valence-electron chi connectivity index (χ1n) is 8.95. The van der Waals surface area contributed by atoms with Crippen molar-refractivity contribution in [2.45, 2.75) is 19.3 Å². The second-order valence-electron chi connectivity index (χ2n) is 6.17. The van der Waals surface area contributed by atoms with Crippen molar-refractivity contribution >= 4 is 29.4 Å². The summed E-state index contributed by atoms with van der Waals surface area (Å²) in [5, 5.41) is 6.25. The molecule has 28 heavy (non-hydrogen) atoms. The monoisotopic (exact) mass is 400 g/mol. The Balaban J connectivity index is 1.77. The lowest BCUT2D eigenvalue weighted by Gasteiger charge is -2.16. The summed E-state index contributed by atoms with van der Waals surface area (Å²) in [4.78, 5) is 13.0. The first-order valence-corrected chi connectivity index (χ1v) is 9.83. The van der Waals surface area contributed by atoms with Crippen LogP contribution >= 0.6 is 11.8 Å². The van der Waals surface area contributed by atoms with Crippen LogP contribution < -0.4 is 24.8 Å². The van der Waals surface area contributed by atoms with E-state index in [1.54, 1.807) is 14.2 Å². The molecule has 0 bridgehead atoms. The van der Waals surface area contributed by atoms with Crippen molar-refractivity contribution in [1.29, 1.82) is 0 Å². The molecule has 1 amide bonds. The number of hydrogen-bond acceptors (Lipinski definition) is 6. The van der Waals surface area contributed by atoms with Crippen LogP contribution in [0.1, 0.15) is 18.1 Å². The van der Waals surface area contributed by atoms with E-state index in [-0.39, 0.29) is 11.4 Å². The zero-order valence-electron chi connectivity index (χ0n) is 16.4. The van der Waals surface area contributed by atoms with Crippen LogP contribution in [0.25, 0.3) is 6.08 Å². The van der Waals surface area contributed by atoms with Crippen molar-refractivity contribution in [3.8, 4) is 17.2 Å². The van der Waals surface area contributed by atoms with E-state index in [9.17, 15) is 4.79 Å². The maximum absolute atomic E-state index is 12.4. The molecular formula is C21H24N2O4S. The average molecular weight is 401 g/mol. The average Bonchev–Trinajstić information content (AvgIpc) is 3.02. The van der Waals surface area contributed by atoms with E-state index in [2.05, 4.69) is 10.6 Å². The molecule has 1 heterocycles. The van der Waals surface area contributed by atoms with E-state index in [4.69, 9.17) is 14.2 Å². The lowest BCUT2D eigenvalue weighted by atomic mass is 10.2. The third kappa shape index (κ3) is 4.54. The fourth-order valence-electron chi connectivity index (χ4n) is 2.84. The molecule has 7 heteroatoms. The highest BCUT2D eigenvalue weighted by Gasteiger charge is 2.27. The molecular weight excluding hydrogens is 376 g/mol. The van der Waals surface area contributed by atoms with Crippen LogP contribution in [0, 0.1) is 6.92 Å². The maximum Gasteiger partial charge on any atom is 0.260 e. The first-order chi connectivity index (χ1) is 13.5. The number of carbonyl (C=O) groups excluding carboxylic acids is 1. The van der Waals surface area contributed by atoms with Gasteiger partial charge in [-0.25, -0.2) is 0 Å². The number of ether oxygens (including phenoxy) is 3. The van der Waals surface area contributed by atoms with E-state index in [1.165, 1.54) is 11.8 Å². The summed E-state index contributed by atoms with van der Waals surface area (Å²) in [5.74, 6) is 1.93. The van der Waals surface area contributed by atoms with Crippen molar-refractivity contribution in [1.82, 2.24) is 5.32 Å². The molecule has 3 rings (SSSR count). The second kappa shape index (κ2) is 8.93. The third-order valence-electron chi connectivity index (χ3n) is 4.16. The molecule has 148 valence electrons. The van der Waals surface area contributed by atoms with Crippen LogP contribution in [0.2, 0.25) is 0 Å². The quantitative estimate of drug-likeness (QED) is 0.685. The summed E-state index contributed by atoms with van der Waals surface area (Å²) >= 11 is 1.42. The fourth-order valence-corrected chi connectivity index (χ4v) is 3.82. The molecule has 0 aromatic heterocycles. The molecule has 0 spiro atoms. The number of hydrogen-bond donors (Lipinski definition) is 2. The minimum atomic E-state index is -0.279. The topological polar surface area (TPSA) is 68.8 Å². The first kappa shape index (κ1) is 19.9. The van der Waals surface area contributed by atoms with Crippen LogP contribution in [-0.2, 0) is 4.79 Å². The highest BCUT2D eigenvalue weighted by molar-refractivity contribution is 8.05. The molecule has 1 aliphatic heterocycles. The van der Waals surface area contributed by atoms with Crippen LogP contribution in [0.5, 0.6) is 17.2 Å². The molecule has 6 nitrogen and oxygen atoms in total. The fraction of sp³-hybridized carbons (Fsp3) is 0.286. The third-order valence-corrected chi connectivity index (χ3v) is 5.19. The van der Waals surface area contributed by atoms with Crippen LogP contribution in [0.15, 0.2) is 41.3 Å². The summed E-state index contributed by atoms with van der Waals surface area (Å²) in [7, 11) is 3.22. The predicted molar refractivity (Wildman–Crippen MR) is 113 cm³/mol. The Morgan fingerprint density at radius 1 is 1.11 bits per heavy atom. The van der Waals surface area contributed by atoms with Gasteiger partial charge in [-0.15, -0.1) is 0 Å². The molecule has 1 saturated heterocycles. The van der Waals surface area contributed by atoms with Gasteiger partial charge in [0.2, 0.25) is 0 Å². The Hall–Kier alpha value is -2.80. The van der Waals surface area contributed by atoms with E-state index in [1.807, 2.05) is 56.3 Å². The zero-order valence-corrected chi connectivity index (χ0v) is 17.2. The van der Waals surface area contributed by atoms with Gasteiger partial charge in [-0.2, -0.15) is 0 Å². The summed E-state index contributed by atoms with van der Waals surface area (Å²) in [6, 6.07) is 11.5. The maximum atomic E-state index is 12.4. The number of methoxy groups -OCH3 is 2. The summed E-state index contributed by atoms with van der Waals surface area (Å²) in [6.07, 6.45) is 1.84. The molecule has 2 aromatic carbocycles. The highest BCUT2D eigenvalue weighted by atomic mass is 32.2. The number of anilines is 1. The number of amides is 1. The molecule has 0 aliphatic carbocycles. The SMILES string of the molecule is CCOc1ccc(/C=C2\SC(Nc3cc(C)ccc3OC)NC2=O)cc1OC. The standard InChI is InChI=1S/C21H24N2O4S/c1-5-27-17-9-7-14(11-18(17)26-4)12-19-20(24)23-21(28-19)22-15-10-13(2)6-8-16(15)25-3/h6-12,21-22H,5H2,1-4H3,(H,23,24)/b19-12-. The van der Waals surface area contributed by atoms with Gasteiger partial charge in [0.1, 0.15) is 5.75 Å². The summed E-state index contributed by atoms with van der Waals surface area (Å²) in [6.45, 7) is 4.49. The van der Waals surface area contributed by atoms with Gasteiger partial charge in [0.15, 0.2) is 17.0 Å². The molecule has 1 unspecified atom stereocenters. The Morgan fingerprint density at radius 2 is 1.86 bits per heavy atom. The molecule has 0 saturated carbocycles. The number of benzene rings is 2. The van der Waals surface area contributed by atoms with E-state index in [0.717, 1.165) is 22.6 Å². The summed E-state index contributed by atoms with van der Waals surface area (Å²) < 4.78 is 16.3. The molecule has 1 fully saturated rings. The van der Waals surface area contributed by atoms with Crippen LogP contribution in [0.3, 0.4) is 0 Å². The normalized spacial score (nSPS) is 17.4. The van der Waals surface area contributed by atoms with E-state index >= 15 is 0 Å². The summed E-state index contributed by atoms with van der Waals surface area (Å²) in [5.41, 5.74) is 2.53. The Labute approximate surface area is 169 Å². The largest absolute Gasteiger partial charge is 0.495 e. The van der Waals surface area contributed by atoms with Crippen LogP contribution in [0.4, 0.5) is 5.69 Å². The number of nitrogens with one attached hydrogen (secondary N) is 2. The molecule has 1 aliphatic rings. The van der Waals surface area contributed by atoms with Crippen molar-refractivity contribution in [3.63, 3.8) is 0 Å². The lowest BCUT2D eigenvalue weighted by Crippen LogP contribution is -2.31. The Morgan fingerprint density at radius 3 is 2.57 bits per heavy atom. The molecule has 2 aromatic rings. The van der Waals surface area contributed by atoms with Crippen molar-refractivity contribution in [2.24, 2.45) is 0 Å². The van der Waals surface area contributed by atoms with Gasteiger partial charge in [-0.1, -0.05) is 23.9 Å². The van der Waals surface area contributed by atoms with Crippen LogP contribution in [-0.4, -0.2) is 32.2 Å². The molecule has 0 radical (unpaired) electrons. The van der Waals surface area contributed by atoms with E-state index in [0.29, 0.717) is 23.0 Å². The number of carbonyl (C=O) groups is 1. The highest BCUT2D eigenvalue weighted by Crippen LogP contribution is 2.35. The van der Waals surface area contributed by atoms with Gasteiger partial charge < -0.3 is 24.8 Å².